The van der Waals surface area contributed by atoms with Crippen molar-refractivity contribution in [3.8, 4) is 17.6 Å². The summed E-state index contributed by atoms with van der Waals surface area (Å²) >= 11 is 0. The normalized spacial score (nSPS) is 27.2. The highest BCUT2D eigenvalue weighted by atomic mass is 31.2. The van der Waals surface area contributed by atoms with E-state index in [1.165, 1.54) is 87.1 Å². The molecule has 9 rings (SSSR count). The van der Waals surface area contributed by atoms with E-state index in [1.807, 2.05) is 78.9 Å². The number of hydrogen-bond donors (Lipinski definition) is 3. The molecule has 1 unspecified atom stereocenters. The van der Waals surface area contributed by atoms with Gasteiger partial charge in [-0.1, -0.05) is 88.2 Å². The number of nitrogens with one attached hydrogen (secondary N) is 3. The van der Waals surface area contributed by atoms with Crippen molar-refractivity contribution in [1.29, 1.82) is 5.26 Å². The molecule has 0 radical (unpaired) electrons. The lowest BCUT2D eigenvalue weighted by Gasteiger charge is -2.61. The fourth-order valence-electron chi connectivity index (χ4n) is 16.2. The molecule has 2 amide bonds. The maximum Gasteiger partial charge on any atom is 0.330 e. The van der Waals surface area contributed by atoms with Gasteiger partial charge >= 0.3 is 5.69 Å². The molecule has 5 aliphatic rings. The van der Waals surface area contributed by atoms with Gasteiger partial charge in [0.2, 0.25) is 11.8 Å². The average Bonchev–Trinajstić information content (AvgIpc) is 2.03. The maximum absolute atomic E-state index is 13.9. The van der Waals surface area contributed by atoms with E-state index >= 15 is 0 Å². The summed E-state index contributed by atoms with van der Waals surface area (Å²) in [7, 11) is 1.45. The molecular formula is C68H93N6O10P. The van der Waals surface area contributed by atoms with Crippen molar-refractivity contribution in [2.45, 2.75) is 174 Å². The third-order valence-corrected chi connectivity index (χ3v) is 22.5. The van der Waals surface area contributed by atoms with Gasteiger partial charge in [0.1, 0.15) is 29.4 Å². The summed E-state index contributed by atoms with van der Waals surface area (Å²) in [5.41, 5.74) is 0.775. The van der Waals surface area contributed by atoms with Crippen LogP contribution in [0.3, 0.4) is 0 Å². The van der Waals surface area contributed by atoms with E-state index in [9.17, 15) is 24.4 Å². The first-order valence-corrected chi connectivity index (χ1v) is 32.5. The van der Waals surface area contributed by atoms with Crippen LogP contribution >= 0.6 is 8.53 Å². The molecule has 5 fully saturated rings. The highest BCUT2D eigenvalue weighted by molar-refractivity contribution is 7.44. The highest BCUT2D eigenvalue weighted by Gasteiger charge is 2.60. The summed E-state index contributed by atoms with van der Waals surface area (Å²) < 4.78 is 42.2. The van der Waals surface area contributed by atoms with Gasteiger partial charge in [0.05, 0.1) is 51.6 Å². The van der Waals surface area contributed by atoms with Gasteiger partial charge in [0.15, 0.2) is 0 Å². The molecule has 85 heavy (non-hydrogen) atoms. The standard InChI is InChI=1S/C68H93N6O10P/c1-45(2)74(46(3)4)85(82-41-15-38-69)84-59-42-63(83-60(59)44-81-68(50-17-11-10-12-18-50,51-21-26-53(79-8)27-22-51)52-23-28-54(80-9)29-24-52)73-43-48(64(77)72-65(73)78)20-34-62(76)71-40-39-70-61(75)33-19-47(5)56-31-32-57-55-30-25-49-16-13-14-36-66(49,6)58(55)35-37-67(56,57)7/h10-12,17-18,20-24,26-29,34,43,45-47,49,55-60,63H,13-16,19,25,30-33,35-37,39-42,44H2,1-9H3,(H,70,75)(H,71,76)(H,72,77,78)/t47-,49+,55+,56-,57+,58+,59-,60-,63-,66+,67-,85?/m1/s1. The number of hydrogen-bond acceptors (Lipinski definition) is 12. The van der Waals surface area contributed by atoms with Crippen LogP contribution in [0.5, 0.6) is 11.5 Å². The molecule has 3 aromatic carbocycles. The second kappa shape index (κ2) is 28.4. The van der Waals surface area contributed by atoms with Crippen LogP contribution in [0.2, 0.25) is 0 Å². The second-order valence-electron chi connectivity index (χ2n) is 25.7. The SMILES string of the molecule is COc1ccc(C(OC[C@H]2O[C@@H](n3cc(C=CC(=O)NCCNC(=O)CC[C@@H](C)[C@H]4CC[C@H]5[C@@H]6CC[C@@H]7CCCC[C@]7(C)[C@H]6CC[C@]45C)c(=O)[nH]c3=O)C[C@H]2OP(OCCC#N)N(C(C)C)C(C)C)(c2ccccc2)c2ccc(OC)cc2)cc1. The van der Waals surface area contributed by atoms with Crippen LogP contribution in [0.15, 0.2) is 101 Å². The summed E-state index contributed by atoms with van der Waals surface area (Å²) in [6.45, 7) is 16.4. The topological polar surface area (TPSA) is 195 Å². The minimum absolute atomic E-state index is 0.00397. The van der Waals surface area contributed by atoms with Gasteiger partial charge in [0.25, 0.3) is 14.1 Å². The molecule has 4 aliphatic carbocycles. The van der Waals surface area contributed by atoms with E-state index in [4.69, 9.17) is 28.0 Å². The molecule has 2 heterocycles. The number of carbonyl (C=O) groups is 2. The molecule has 1 aromatic heterocycles. The predicted molar refractivity (Wildman–Crippen MR) is 331 cm³/mol. The van der Waals surface area contributed by atoms with Crippen molar-refractivity contribution < 1.29 is 37.6 Å². The van der Waals surface area contributed by atoms with E-state index in [0.29, 0.717) is 40.6 Å². The van der Waals surface area contributed by atoms with Gasteiger partial charge < -0.3 is 38.6 Å². The number of benzene rings is 3. The third kappa shape index (κ3) is 14.0. The molecule has 16 nitrogen and oxygen atoms in total. The molecule has 1 saturated heterocycles. The Kier molecular flexibility index (Phi) is 21.4. The van der Waals surface area contributed by atoms with Gasteiger partial charge in [-0.2, -0.15) is 5.26 Å². The number of nitrogens with zero attached hydrogens (tertiary/aromatic N) is 3. The van der Waals surface area contributed by atoms with Crippen LogP contribution in [0.4, 0.5) is 0 Å². The smallest absolute Gasteiger partial charge is 0.330 e. The van der Waals surface area contributed by atoms with E-state index < -0.39 is 49.7 Å². The minimum Gasteiger partial charge on any atom is -0.497 e. The third-order valence-electron chi connectivity index (χ3n) is 20.3. The van der Waals surface area contributed by atoms with Crippen LogP contribution in [-0.2, 0) is 33.7 Å². The molecular weight excluding hydrogens is 1090 g/mol. The number of amides is 2. The fourth-order valence-corrected chi connectivity index (χ4v) is 17.9. The molecule has 0 bridgehead atoms. The van der Waals surface area contributed by atoms with Crippen molar-refractivity contribution >= 4 is 26.4 Å². The zero-order valence-corrected chi connectivity index (χ0v) is 52.6. The summed E-state index contributed by atoms with van der Waals surface area (Å²) in [4.78, 5) is 56.2. The number of H-pyrrole nitrogens is 1. The van der Waals surface area contributed by atoms with Gasteiger partial charge in [-0.15, -0.1) is 0 Å². The van der Waals surface area contributed by atoms with Gasteiger partial charge in [0, 0.05) is 50.3 Å². The van der Waals surface area contributed by atoms with Crippen molar-refractivity contribution in [3.63, 3.8) is 0 Å². The summed E-state index contributed by atoms with van der Waals surface area (Å²) in [5.74, 6) is 5.45. The van der Waals surface area contributed by atoms with E-state index in [0.717, 1.165) is 46.8 Å². The molecule has 17 heteroatoms. The Hall–Kier alpha value is -5.66. The number of carbonyl (C=O) groups excluding carboxylic acids is 2. The number of aromatic nitrogens is 2. The zero-order valence-electron chi connectivity index (χ0n) is 51.7. The van der Waals surface area contributed by atoms with Crippen molar-refractivity contribution in [3.05, 3.63) is 134 Å². The molecule has 12 atom stereocenters. The van der Waals surface area contributed by atoms with Crippen LogP contribution in [-0.4, -0.2) is 90.9 Å². The molecule has 460 valence electrons. The van der Waals surface area contributed by atoms with E-state index in [1.54, 1.807) is 14.2 Å². The largest absolute Gasteiger partial charge is 0.497 e. The van der Waals surface area contributed by atoms with Crippen molar-refractivity contribution in [2.75, 3.05) is 40.5 Å². The second-order valence-corrected chi connectivity index (χ2v) is 27.1. The minimum atomic E-state index is -1.79. The highest BCUT2D eigenvalue weighted by Crippen LogP contribution is 2.68. The number of fused-ring (bicyclic) bond motifs is 5. The Labute approximate surface area is 505 Å². The average molecular weight is 1190 g/mol. The number of rotatable bonds is 26. The lowest BCUT2D eigenvalue weighted by atomic mass is 9.44. The van der Waals surface area contributed by atoms with E-state index in [2.05, 4.69) is 74.8 Å². The number of nitriles is 1. The summed E-state index contributed by atoms with van der Waals surface area (Å²) in [6, 6.07) is 27.5. The first kappa shape index (κ1) is 63.8. The zero-order chi connectivity index (χ0) is 60.5. The molecule has 4 aromatic rings. The van der Waals surface area contributed by atoms with Crippen molar-refractivity contribution in [2.24, 2.45) is 46.3 Å². The first-order chi connectivity index (χ1) is 40.9. The van der Waals surface area contributed by atoms with Gasteiger partial charge in [-0.3, -0.25) is 23.9 Å². The number of aromatic amines is 1. The molecule has 4 saturated carbocycles. The summed E-state index contributed by atoms with van der Waals surface area (Å²) in [5, 5.41) is 15.3. The lowest BCUT2D eigenvalue weighted by molar-refractivity contribution is -0.122. The number of ether oxygens (including phenoxy) is 4. The molecule has 3 N–H and O–H groups in total. The van der Waals surface area contributed by atoms with Gasteiger partial charge in [-0.05, 0) is 179 Å². The quantitative estimate of drug-likeness (QED) is 0.0233. The molecule has 0 spiro atoms. The Morgan fingerprint density at radius 3 is 2.15 bits per heavy atom. The van der Waals surface area contributed by atoms with Crippen LogP contribution < -0.4 is 31.4 Å². The monoisotopic (exact) mass is 1180 g/mol. The predicted octanol–water partition coefficient (Wildman–Crippen LogP) is 12.2. The Morgan fingerprint density at radius 1 is 0.835 bits per heavy atom. The first-order valence-electron chi connectivity index (χ1n) is 31.4. The molecule has 1 aliphatic heterocycles. The Bertz CT molecular complexity index is 3000. The van der Waals surface area contributed by atoms with Crippen molar-refractivity contribution in [1.82, 2.24) is 24.9 Å². The van der Waals surface area contributed by atoms with Gasteiger partial charge in [-0.25, -0.2) is 9.46 Å². The van der Waals surface area contributed by atoms with Crippen LogP contribution in [0.1, 0.15) is 167 Å². The van der Waals surface area contributed by atoms with E-state index in [-0.39, 0.29) is 62.7 Å². The summed E-state index contributed by atoms with van der Waals surface area (Å²) in [6.07, 6.45) is 16.9. The lowest BCUT2D eigenvalue weighted by Crippen LogP contribution is -2.53. The van der Waals surface area contributed by atoms with Crippen LogP contribution in [0, 0.1) is 57.7 Å². The Morgan fingerprint density at radius 2 is 1.49 bits per heavy atom. The fraction of sp³-hybridized carbons (Fsp3) is 0.603. The maximum atomic E-state index is 13.9. The number of methoxy groups -OCH3 is 2. The van der Waals surface area contributed by atoms with Crippen LogP contribution in [0.25, 0.3) is 6.08 Å². The Balaban J connectivity index is 0.865.